The van der Waals surface area contributed by atoms with E-state index < -0.39 is 0 Å². The van der Waals surface area contributed by atoms with Gasteiger partial charge >= 0.3 is 0 Å². The SMILES string of the molecule is Cn1c(CNC(=O)Cn2cnc3c(c2=O)NC(c2ccc(F)cc2)CC3)cc2cnccc21. The van der Waals surface area contributed by atoms with Crippen molar-refractivity contribution < 1.29 is 9.18 Å². The van der Waals surface area contributed by atoms with E-state index in [9.17, 15) is 14.0 Å². The molecule has 0 bridgehead atoms. The number of nitrogens with one attached hydrogen (secondary N) is 2. The number of anilines is 1. The molecule has 1 atom stereocenters. The fraction of sp³-hybridized carbons (Fsp3) is 0.250. The maximum atomic E-state index is 13.3. The van der Waals surface area contributed by atoms with Crippen molar-refractivity contribution in [3.63, 3.8) is 0 Å². The molecule has 8 nitrogen and oxygen atoms in total. The predicted octanol–water partition coefficient (Wildman–Crippen LogP) is 2.68. The zero-order chi connectivity index (χ0) is 22.9. The number of aromatic nitrogens is 4. The van der Waals surface area contributed by atoms with Crippen molar-refractivity contribution >= 4 is 22.5 Å². The van der Waals surface area contributed by atoms with Gasteiger partial charge in [-0.3, -0.25) is 19.1 Å². The first-order valence-corrected chi connectivity index (χ1v) is 10.7. The van der Waals surface area contributed by atoms with E-state index in [0.29, 0.717) is 24.3 Å². The molecule has 33 heavy (non-hydrogen) atoms. The zero-order valence-corrected chi connectivity index (χ0v) is 18.1. The van der Waals surface area contributed by atoms with E-state index in [0.717, 1.165) is 28.6 Å². The van der Waals surface area contributed by atoms with Crippen molar-refractivity contribution in [2.45, 2.75) is 32.0 Å². The summed E-state index contributed by atoms with van der Waals surface area (Å²) in [5, 5.41) is 7.11. The van der Waals surface area contributed by atoms with Gasteiger partial charge in [-0.1, -0.05) is 12.1 Å². The Morgan fingerprint density at radius 2 is 2.09 bits per heavy atom. The molecule has 0 radical (unpaired) electrons. The molecule has 1 amide bonds. The van der Waals surface area contributed by atoms with E-state index in [1.807, 2.05) is 23.7 Å². The van der Waals surface area contributed by atoms with Crippen LogP contribution < -0.4 is 16.2 Å². The molecule has 3 aromatic heterocycles. The van der Waals surface area contributed by atoms with Crippen LogP contribution in [-0.4, -0.2) is 25.0 Å². The fourth-order valence-electron chi connectivity index (χ4n) is 4.26. The van der Waals surface area contributed by atoms with Crippen LogP contribution in [0.4, 0.5) is 10.1 Å². The number of hydrogen-bond donors (Lipinski definition) is 2. The van der Waals surface area contributed by atoms with Crippen LogP contribution in [0.2, 0.25) is 0 Å². The number of hydrogen-bond acceptors (Lipinski definition) is 5. The Morgan fingerprint density at radius 3 is 2.88 bits per heavy atom. The van der Waals surface area contributed by atoms with E-state index in [-0.39, 0.29) is 29.9 Å². The molecule has 168 valence electrons. The Hall–Kier alpha value is -4.01. The van der Waals surface area contributed by atoms with Crippen LogP contribution in [0, 0.1) is 5.82 Å². The number of fused-ring (bicyclic) bond motifs is 2. The van der Waals surface area contributed by atoms with Crippen LogP contribution in [0.3, 0.4) is 0 Å². The van der Waals surface area contributed by atoms with Crippen LogP contribution in [0.1, 0.15) is 29.4 Å². The molecule has 0 fully saturated rings. The largest absolute Gasteiger partial charge is 0.372 e. The molecule has 2 N–H and O–H groups in total. The molecule has 4 aromatic rings. The smallest absolute Gasteiger partial charge is 0.277 e. The first kappa shape index (κ1) is 20.9. The summed E-state index contributed by atoms with van der Waals surface area (Å²) in [4.78, 5) is 34.1. The third kappa shape index (κ3) is 4.09. The Bertz CT molecular complexity index is 1390. The van der Waals surface area contributed by atoms with Crippen LogP contribution >= 0.6 is 0 Å². The number of carbonyl (C=O) groups is 1. The van der Waals surface area contributed by atoms with E-state index in [4.69, 9.17) is 0 Å². The monoisotopic (exact) mass is 446 g/mol. The second-order valence-corrected chi connectivity index (χ2v) is 8.19. The van der Waals surface area contributed by atoms with Gasteiger partial charge in [0.05, 0.1) is 30.1 Å². The average molecular weight is 446 g/mol. The molecule has 0 saturated carbocycles. The van der Waals surface area contributed by atoms with Gasteiger partial charge in [0.1, 0.15) is 18.0 Å². The third-order valence-electron chi connectivity index (χ3n) is 6.10. The molecule has 0 aliphatic carbocycles. The molecule has 1 aliphatic rings. The minimum atomic E-state index is -0.301. The molecule has 1 aliphatic heterocycles. The molecular formula is C24H23FN6O2. The number of rotatable bonds is 5. The van der Waals surface area contributed by atoms with Gasteiger partial charge in [-0.15, -0.1) is 0 Å². The minimum absolute atomic E-state index is 0.113. The lowest BCUT2D eigenvalue weighted by Crippen LogP contribution is -2.35. The number of benzene rings is 1. The van der Waals surface area contributed by atoms with Gasteiger partial charge in [0.2, 0.25) is 5.91 Å². The zero-order valence-electron chi connectivity index (χ0n) is 18.1. The highest BCUT2D eigenvalue weighted by Gasteiger charge is 2.24. The molecule has 0 saturated heterocycles. The lowest BCUT2D eigenvalue weighted by atomic mass is 9.96. The van der Waals surface area contributed by atoms with Crippen molar-refractivity contribution in [3.05, 3.63) is 88.2 Å². The van der Waals surface area contributed by atoms with E-state index in [1.54, 1.807) is 24.5 Å². The van der Waals surface area contributed by atoms with E-state index in [1.165, 1.54) is 23.0 Å². The van der Waals surface area contributed by atoms with Crippen molar-refractivity contribution in [2.75, 3.05) is 5.32 Å². The first-order chi connectivity index (χ1) is 16.0. The number of pyridine rings is 1. The Balaban J connectivity index is 1.29. The summed E-state index contributed by atoms with van der Waals surface area (Å²) >= 11 is 0. The highest BCUT2D eigenvalue weighted by atomic mass is 19.1. The van der Waals surface area contributed by atoms with E-state index >= 15 is 0 Å². The molecule has 0 spiro atoms. The highest BCUT2D eigenvalue weighted by molar-refractivity contribution is 5.80. The van der Waals surface area contributed by atoms with Gasteiger partial charge in [0, 0.05) is 30.5 Å². The van der Waals surface area contributed by atoms with Gasteiger partial charge in [-0.05, 0) is 42.7 Å². The highest BCUT2D eigenvalue weighted by Crippen LogP contribution is 2.29. The second kappa shape index (κ2) is 8.50. The topological polar surface area (TPSA) is 93.8 Å². The van der Waals surface area contributed by atoms with Crippen LogP contribution in [0.15, 0.2) is 59.9 Å². The van der Waals surface area contributed by atoms with Gasteiger partial charge < -0.3 is 15.2 Å². The lowest BCUT2D eigenvalue weighted by molar-refractivity contribution is -0.121. The first-order valence-electron chi connectivity index (χ1n) is 10.7. The second-order valence-electron chi connectivity index (χ2n) is 8.19. The Morgan fingerprint density at radius 1 is 1.27 bits per heavy atom. The van der Waals surface area contributed by atoms with Gasteiger partial charge in [-0.25, -0.2) is 9.37 Å². The van der Waals surface area contributed by atoms with Gasteiger partial charge in [0.15, 0.2) is 0 Å². The predicted molar refractivity (Wildman–Crippen MR) is 122 cm³/mol. The molecule has 4 heterocycles. The van der Waals surface area contributed by atoms with Gasteiger partial charge in [-0.2, -0.15) is 0 Å². The number of nitrogens with zero attached hydrogens (tertiary/aromatic N) is 4. The average Bonchev–Trinajstić information content (AvgIpc) is 3.15. The normalized spacial score (nSPS) is 15.2. The molecule has 1 unspecified atom stereocenters. The van der Waals surface area contributed by atoms with Crippen molar-refractivity contribution in [1.29, 1.82) is 0 Å². The molecule has 9 heteroatoms. The van der Waals surface area contributed by atoms with Crippen LogP contribution in [0.5, 0.6) is 0 Å². The number of carbonyl (C=O) groups excluding carboxylic acids is 1. The fourth-order valence-corrected chi connectivity index (χ4v) is 4.26. The summed E-state index contributed by atoms with van der Waals surface area (Å²) in [6, 6.07) is 10.0. The van der Waals surface area contributed by atoms with Crippen LogP contribution in [-0.2, 0) is 31.4 Å². The summed E-state index contributed by atoms with van der Waals surface area (Å²) in [7, 11) is 1.94. The molecule has 5 rings (SSSR count). The summed E-state index contributed by atoms with van der Waals surface area (Å²) in [5.41, 5.74) is 3.65. The number of aryl methyl sites for hydroxylation is 2. The summed E-state index contributed by atoms with van der Waals surface area (Å²) in [6.45, 7) is 0.204. The minimum Gasteiger partial charge on any atom is -0.372 e. The molecular weight excluding hydrogens is 423 g/mol. The lowest BCUT2D eigenvalue weighted by Gasteiger charge is -2.26. The number of halogens is 1. The summed E-state index contributed by atoms with van der Waals surface area (Å²) in [5.74, 6) is -0.585. The van der Waals surface area contributed by atoms with Crippen molar-refractivity contribution in [1.82, 2.24) is 24.4 Å². The Labute approximate surface area is 189 Å². The third-order valence-corrected chi connectivity index (χ3v) is 6.10. The number of amides is 1. The van der Waals surface area contributed by atoms with E-state index in [2.05, 4.69) is 20.6 Å². The quantitative estimate of drug-likeness (QED) is 0.492. The Kier molecular flexibility index (Phi) is 5.37. The van der Waals surface area contributed by atoms with Gasteiger partial charge in [0.25, 0.3) is 5.56 Å². The standard InChI is InChI=1S/C24H23FN6O2/c1-30-18(10-16-11-26-9-8-21(16)30)12-27-22(32)13-31-14-28-20-7-6-19(29-23(20)24(31)33)15-2-4-17(25)5-3-15/h2-5,8-11,14,19,29H,6-7,12-13H2,1H3,(H,27,32). The van der Waals surface area contributed by atoms with Crippen molar-refractivity contribution in [3.8, 4) is 0 Å². The maximum absolute atomic E-state index is 13.3. The van der Waals surface area contributed by atoms with Crippen molar-refractivity contribution in [2.24, 2.45) is 7.05 Å². The summed E-state index contributed by atoms with van der Waals surface area (Å²) < 4.78 is 16.6. The maximum Gasteiger partial charge on any atom is 0.277 e. The summed E-state index contributed by atoms with van der Waals surface area (Å²) in [6.07, 6.45) is 6.31. The molecule has 1 aromatic carbocycles. The van der Waals surface area contributed by atoms with Crippen LogP contribution in [0.25, 0.3) is 10.9 Å².